The van der Waals surface area contributed by atoms with Crippen molar-refractivity contribution in [1.82, 2.24) is 5.32 Å². The Morgan fingerprint density at radius 3 is 2.48 bits per heavy atom. The average molecular weight is 295 g/mol. The number of aliphatic carboxylic acids is 1. The fourth-order valence-corrected chi connectivity index (χ4v) is 3.91. The van der Waals surface area contributed by atoms with Crippen LogP contribution < -0.4 is 5.32 Å². The van der Waals surface area contributed by atoms with Crippen molar-refractivity contribution in [1.29, 1.82) is 0 Å². The Kier molecular flexibility index (Phi) is 3.72. The molecule has 1 spiro atoms. The van der Waals surface area contributed by atoms with Crippen LogP contribution in [-0.2, 0) is 14.3 Å². The van der Waals surface area contributed by atoms with Gasteiger partial charge in [0, 0.05) is 12.6 Å². The van der Waals surface area contributed by atoms with E-state index < -0.39 is 11.4 Å². The molecule has 0 aromatic carbocycles. The highest BCUT2D eigenvalue weighted by atomic mass is 16.5. The number of hydrogen-bond donors (Lipinski definition) is 2. The van der Waals surface area contributed by atoms with Crippen LogP contribution in [0, 0.1) is 11.3 Å². The molecule has 21 heavy (non-hydrogen) atoms. The number of carbonyl (C=O) groups is 2. The van der Waals surface area contributed by atoms with E-state index in [9.17, 15) is 14.7 Å². The number of carbonyl (C=O) groups excluding carboxylic acids is 1. The van der Waals surface area contributed by atoms with Crippen molar-refractivity contribution in [3.05, 3.63) is 0 Å². The van der Waals surface area contributed by atoms with Crippen LogP contribution in [0.4, 0.5) is 0 Å². The van der Waals surface area contributed by atoms with Crippen LogP contribution in [0.5, 0.6) is 0 Å². The second-order valence-electron chi connectivity index (χ2n) is 7.18. The molecule has 2 unspecified atom stereocenters. The van der Waals surface area contributed by atoms with Gasteiger partial charge in [-0.15, -0.1) is 0 Å². The summed E-state index contributed by atoms with van der Waals surface area (Å²) in [4.78, 5) is 24.4. The SMILES string of the molecule is CC(C(=O)O)(C(=O)NC1CC1)C1CCOC2(CCCC2)C1. The molecule has 3 aliphatic rings. The van der Waals surface area contributed by atoms with Gasteiger partial charge >= 0.3 is 5.97 Å². The summed E-state index contributed by atoms with van der Waals surface area (Å²) in [7, 11) is 0. The summed E-state index contributed by atoms with van der Waals surface area (Å²) in [6.07, 6.45) is 7.59. The van der Waals surface area contributed by atoms with Gasteiger partial charge in [-0.25, -0.2) is 0 Å². The maximum absolute atomic E-state index is 12.5. The highest BCUT2D eigenvalue weighted by Gasteiger charge is 2.53. The van der Waals surface area contributed by atoms with Gasteiger partial charge < -0.3 is 15.2 Å². The van der Waals surface area contributed by atoms with Crippen LogP contribution in [0.2, 0.25) is 0 Å². The summed E-state index contributed by atoms with van der Waals surface area (Å²) in [5.41, 5.74) is -1.50. The van der Waals surface area contributed by atoms with Gasteiger partial charge in [0.1, 0.15) is 5.41 Å². The van der Waals surface area contributed by atoms with Crippen molar-refractivity contribution >= 4 is 11.9 Å². The zero-order valence-electron chi connectivity index (χ0n) is 12.7. The first kappa shape index (κ1) is 14.8. The molecule has 0 radical (unpaired) electrons. The minimum atomic E-state index is -1.33. The molecule has 5 heteroatoms. The Morgan fingerprint density at radius 2 is 1.90 bits per heavy atom. The maximum Gasteiger partial charge on any atom is 0.319 e. The number of carboxylic acid groups (broad SMARTS) is 1. The Balaban J connectivity index is 1.78. The zero-order chi connectivity index (χ0) is 15.1. The number of amides is 1. The highest BCUT2D eigenvalue weighted by Crippen LogP contribution is 2.47. The predicted octanol–water partition coefficient (Wildman–Crippen LogP) is 2.10. The molecule has 118 valence electrons. The number of nitrogens with one attached hydrogen (secondary N) is 1. The molecule has 2 atom stereocenters. The maximum atomic E-state index is 12.5. The third kappa shape index (κ3) is 2.68. The predicted molar refractivity (Wildman–Crippen MR) is 76.8 cm³/mol. The lowest BCUT2D eigenvalue weighted by Crippen LogP contribution is -2.53. The van der Waals surface area contributed by atoms with Crippen molar-refractivity contribution in [2.24, 2.45) is 11.3 Å². The zero-order valence-corrected chi connectivity index (χ0v) is 12.7. The fraction of sp³-hybridized carbons (Fsp3) is 0.875. The van der Waals surface area contributed by atoms with E-state index in [0.717, 1.165) is 38.5 Å². The largest absolute Gasteiger partial charge is 0.480 e. The Morgan fingerprint density at radius 1 is 1.24 bits per heavy atom. The number of carboxylic acids is 1. The normalized spacial score (nSPS) is 30.8. The van der Waals surface area contributed by atoms with Crippen LogP contribution >= 0.6 is 0 Å². The first-order valence-corrected chi connectivity index (χ1v) is 8.15. The van der Waals surface area contributed by atoms with Gasteiger partial charge in [-0.05, 0) is 51.4 Å². The molecular weight excluding hydrogens is 270 g/mol. The molecule has 5 nitrogen and oxygen atoms in total. The Hall–Kier alpha value is -1.10. The van der Waals surface area contributed by atoms with Gasteiger partial charge in [-0.1, -0.05) is 12.8 Å². The molecule has 3 fully saturated rings. The van der Waals surface area contributed by atoms with Crippen molar-refractivity contribution in [2.75, 3.05) is 6.61 Å². The standard InChI is InChI=1S/C16H25NO4/c1-15(14(19)20,13(18)17-12-4-5-12)11-6-9-21-16(10-11)7-2-3-8-16/h11-12H,2-10H2,1H3,(H,17,18)(H,19,20). The quantitative estimate of drug-likeness (QED) is 0.779. The fourth-order valence-electron chi connectivity index (χ4n) is 3.91. The molecule has 1 aliphatic heterocycles. The molecule has 0 aromatic rings. The number of ether oxygens (including phenoxy) is 1. The van der Waals surface area contributed by atoms with E-state index in [1.54, 1.807) is 6.92 Å². The minimum absolute atomic E-state index is 0.138. The summed E-state index contributed by atoms with van der Waals surface area (Å²) in [6, 6.07) is 0.191. The number of hydrogen-bond acceptors (Lipinski definition) is 3. The molecule has 0 bridgehead atoms. The van der Waals surface area contributed by atoms with Crippen LogP contribution in [0.15, 0.2) is 0 Å². The molecule has 0 aromatic heterocycles. The summed E-state index contributed by atoms with van der Waals surface area (Å²) < 4.78 is 5.98. The monoisotopic (exact) mass is 295 g/mol. The van der Waals surface area contributed by atoms with Crippen molar-refractivity contribution < 1.29 is 19.4 Å². The van der Waals surface area contributed by atoms with Gasteiger partial charge in [0.25, 0.3) is 0 Å². The summed E-state index contributed by atoms with van der Waals surface area (Å²) >= 11 is 0. The molecule has 2 aliphatic carbocycles. The van der Waals surface area contributed by atoms with E-state index in [4.69, 9.17) is 4.74 Å². The van der Waals surface area contributed by atoms with Crippen molar-refractivity contribution in [2.45, 2.75) is 69.9 Å². The molecular formula is C16H25NO4. The van der Waals surface area contributed by atoms with Crippen molar-refractivity contribution in [3.63, 3.8) is 0 Å². The van der Waals surface area contributed by atoms with E-state index >= 15 is 0 Å². The minimum Gasteiger partial charge on any atom is -0.480 e. The van der Waals surface area contributed by atoms with E-state index in [0.29, 0.717) is 19.4 Å². The summed E-state index contributed by atoms with van der Waals surface area (Å²) in [6.45, 7) is 2.18. The molecule has 1 heterocycles. The first-order valence-electron chi connectivity index (χ1n) is 8.15. The number of rotatable bonds is 4. The lowest BCUT2D eigenvalue weighted by atomic mass is 9.68. The van der Waals surface area contributed by atoms with Crippen LogP contribution in [0.25, 0.3) is 0 Å². The lowest BCUT2D eigenvalue weighted by molar-refractivity contribution is -0.168. The Bertz CT molecular complexity index is 440. The van der Waals surface area contributed by atoms with Crippen molar-refractivity contribution in [3.8, 4) is 0 Å². The third-order valence-corrected chi connectivity index (χ3v) is 5.65. The van der Waals surface area contributed by atoms with Gasteiger partial charge in [0.2, 0.25) is 5.91 Å². The van der Waals surface area contributed by atoms with E-state index in [2.05, 4.69) is 5.32 Å². The average Bonchev–Trinajstić information content (AvgIpc) is 3.17. The Labute approximate surface area is 125 Å². The third-order valence-electron chi connectivity index (χ3n) is 5.65. The van der Waals surface area contributed by atoms with Crippen LogP contribution in [0.1, 0.15) is 58.3 Å². The molecule has 2 saturated carbocycles. The van der Waals surface area contributed by atoms with E-state index in [-0.39, 0.29) is 23.5 Å². The molecule has 2 N–H and O–H groups in total. The molecule has 1 amide bonds. The van der Waals surface area contributed by atoms with Gasteiger partial charge in [-0.3, -0.25) is 9.59 Å². The summed E-state index contributed by atoms with van der Waals surface area (Å²) in [5, 5.41) is 12.6. The van der Waals surface area contributed by atoms with Gasteiger partial charge in [0.05, 0.1) is 5.60 Å². The van der Waals surface area contributed by atoms with Gasteiger partial charge in [-0.2, -0.15) is 0 Å². The topological polar surface area (TPSA) is 75.6 Å². The van der Waals surface area contributed by atoms with E-state index in [1.807, 2.05) is 0 Å². The van der Waals surface area contributed by atoms with Crippen LogP contribution in [-0.4, -0.2) is 35.2 Å². The second kappa shape index (κ2) is 5.27. The highest BCUT2D eigenvalue weighted by molar-refractivity contribution is 6.02. The van der Waals surface area contributed by atoms with E-state index in [1.165, 1.54) is 0 Å². The summed E-state index contributed by atoms with van der Waals surface area (Å²) in [5.74, 6) is -1.45. The molecule has 1 saturated heterocycles. The van der Waals surface area contributed by atoms with Crippen LogP contribution in [0.3, 0.4) is 0 Å². The second-order valence-corrected chi connectivity index (χ2v) is 7.18. The molecule has 3 rings (SSSR count). The first-order chi connectivity index (χ1) is 9.96. The van der Waals surface area contributed by atoms with Gasteiger partial charge in [0.15, 0.2) is 0 Å². The lowest BCUT2D eigenvalue weighted by Gasteiger charge is -2.43. The smallest absolute Gasteiger partial charge is 0.319 e.